The topological polar surface area (TPSA) is 206 Å². The number of ketones is 2. The number of nitrogens with two attached hydrogens (primary N) is 1. The van der Waals surface area contributed by atoms with Gasteiger partial charge >= 0.3 is 6.09 Å². The van der Waals surface area contributed by atoms with E-state index in [9.17, 15) is 39.6 Å². The monoisotopic (exact) mass is 564 g/mol. The molecule has 0 saturated carbocycles. The van der Waals surface area contributed by atoms with Gasteiger partial charge in [-0.2, -0.15) is 0 Å². The quantitative estimate of drug-likeness (QED) is 0.223. The summed E-state index contributed by atoms with van der Waals surface area (Å²) in [7, 11) is 1.49. The number of nitrogens with one attached hydrogen (secondary N) is 1. The lowest BCUT2D eigenvalue weighted by atomic mass is 9.60. The number of ether oxygens (including phenoxy) is 2. The van der Waals surface area contributed by atoms with Gasteiger partial charge in [0.25, 0.3) is 5.91 Å². The minimum absolute atomic E-state index is 0.0338. The van der Waals surface area contributed by atoms with Crippen LogP contribution in [0.2, 0.25) is 0 Å². The number of carbonyl (C=O) groups is 4. The first-order valence-corrected chi connectivity index (χ1v) is 12.8. The van der Waals surface area contributed by atoms with Crippen LogP contribution in [0.4, 0.5) is 10.5 Å². The Bertz CT molecular complexity index is 1540. The summed E-state index contributed by atoms with van der Waals surface area (Å²) in [5, 5.41) is 46.1. The van der Waals surface area contributed by atoms with Crippen LogP contribution in [0.5, 0.6) is 5.75 Å². The number of methoxy groups -OCH3 is 1. The molecule has 2 amide bonds. The van der Waals surface area contributed by atoms with Gasteiger partial charge in [-0.15, -0.1) is 0 Å². The molecule has 2 aromatic carbocycles. The van der Waals surface area contributed by atoms with Crippen LogP contribution in [-0.4, -0.2) is 69.9 Å². The van der Waals surface area contributed by atoms with Gasteiger partial charge in [-0.1, -0.05) is 18.2 Å². The van der Waals surface area contributed by atoms with Gasteiger partial charge in [-0.05, 0) is 53.6 Å². The van der Waals surface area contributed by atoms with E-state index in [1.807, 2.05) is 0 Å². The average Bonchev–Trinajstić information content (AvgIpc) is 2.91. The van der Waals surface area contributed by atoms with Crippen molar-refractivity contribution in [3.8, 4) is 16.9 Å². The molecule has 3 atom stereocenters. The highest BCUT2D eigenvalue weighted by Gasteiger charge is 2.59. The smallest absolute Gasteiger partial charge is 0.411 e. The number of aliphatic hydroxyl groups excluding tert-OH is 2. The van der Waals surface area contributed by atoms with Crippen LogP contribution in [0.25, 0.3) is 11.1 Å². The average molecular weight is 565 g/mol. The summed E-state index contributed by atoms with van der Waals surface area (Å²) in [5.41, 5.74) is 3.76. The third-order valence-corrected chi connectivity index (χ3v) is 7.91. The second-order valence-corrected chi connectivity index (χ2v) is 10.2. The summed E-state index contributed by atoms with van der Waals surface area (Å²) in [5.74, 6) is -6.78. The summed E-state index contributed by atoms with van der Waals surface area (Å²) in [4.78, 5) is 50.5. The lowest BCUT2D eigenvalue weighted by Crippen LogP contribution is -2.57. The normalized spacial score (nSPS) is 23.5. The Morgan fingerprint density at radius 2 is 1.76 bits per heavy atom. The van der Waals surface area contributed by atoms with Crippen LogP contribution in [-0.2, 0) is 25.5 Å². The maximum absolute atomic E-state index is 13.7. The number of fused-ring (bicyclic) bond motifs is 3. The molecule has 0 aliphatic heterocycles. The number of hydrogen-bond donors (Lipinski definition) is 6. The van der Waals surface area contributed by atoms with Crippen LogP contribution >= 0.6 is 0 Å². The Labute approximate surface area is 233 Å². The minimum Gasteiger partial charge on any atom is -0.511 e. The van der Waals surface area contributed by atoms with Gasteiger partial charge in [0.2, 0.25) is 5.78 Å². The van der Waals surface area contributed by atoms with E-state index < -0.39 is 58.1 Å². The number of hydrogen-bond acceptors (Lipinski definition) is 10. The predicted molar refractivity (Wildman–Crippen MR) is 143 cm³/mol. The molecule has 3 aliphatic carbocycles. The molecule has 41 heavy (non-hydrogen) atoms. The first-order valence-electron chi connectivity index (χ1n) is 12.8. The van der Waals surface area contributed by atoms with Gasteiger partial charge in [0.15, 0.2) is 11.4 Å². The number of amides is 2. The van der Waals surface area contributed by atoms with Crippen molar-refractivity contribution in [2.24, 2.45) is 17.6 Å². The number of benzene rings is 2. The predicted octanol–water partition coefficient (Wildman–Crippen LogP) is 2.44. The molecule has 0 radical (unpaired) electrons. The van der Waals surface area contributed by atoms with Gasteiger partial charge in [-0.25, -0.2) is 4.79 Å². The SMILES string of the molecule is COCCOC(=O)Nc1ccc(-c2ccc(O)c3c2C[C@H]2C[C@H]4CC(O)=C(C(N)=O)C(=O)[C@@]4(O)C(O)=C2C3=O)cc1. The maximum atomic E-state index is 13.7. The standard InChI is InChI=1S/C29H28N2O10/c1-40-8-9-41-28(38)31-16-4-2-13(3-5-16)17-6-7-19(32)22-18(17)11-14-10-15-12-20(33)23(27(30)37)26(36)29(15,39)25(35)21(14)24(22)34/h2-7,14-15,32-33,35,39H,8-12H2,1H3,(H2,30,37)(H,31,38)/t14-,15+,29+/m1/s1. The molecule has 12 nitrogen and oxygen atoms in total. The lowest BCUT2D eigenvalue weighted by Gasteiger charge is -2.45. The molecule has 0 unspecified atom stereocenters. The van der Waals surface area contributed by atoms with Crippen molar-refractivity contribution >= 4 is 29.3 Å². The number of Topliss-reactive ketones (excluding diaryl/α,β-unsaturated/α-hetero) is 2. The van der Waals surface area contributed by atoms with Crippen molar-refractivity contribution < 1.29 is 49.1 Å². The Hall–Kier alpha value is -4.68. The number of rotatable bonds is 6. The van der Waals surface area contributed by atoms with E-state index in [2.05, 4.69) is 5.32 Å². The molecule has 7 N–H and O–H groups in total. The first-order chi connectivity index (χ1) is 19.5. The lowest BCUT2D eigenvalue weighted by molar-refractivity contribution is -0.144. The van der Waals surface area contributed by atoms with Gasteiger partial charge in [0, 0.05) is 30.7 Å². The molecule has 0 fully saturated rings. The molecule has 0 spiro atoms. The van der Waals surface area contributed by atoms with Crippen molar-refractivity contribution in [1.82, 2.24) is 0 Å². The van der Waals surface area contributed by atoms with Crippen LogP contribution in [0.15, 0.2) is 59.1 Å². The molecule has 3 aliphatic rings. The highest BCUT2D eigenvalue weighted by atomic mass is 16.6. The molecular formula is C29H28N2O10. The summed E-state index contributed by atoms with van der Waals surface area (Å²) in [6, 6.07) is 9.72. The molecular weight excluding hydrogens is 536 g/mol. The molecule has 12 heteroatoms. The summed E-state index contributed by atoms with van der Waals surface area (Å²) in [6.07, 6.45) is -0.746. The number of carbonyl (C=O) groups excluding carboxylic acids is 4. The third kappa shape index (κ3) is 4.50. The number of anilines is 1. The molecule has 2 aromatic rings. The number of primary amides is 1. The van der Waals surface area contributed by atoms with E-state index in [-0.39, 0.29) is 49.4 Å². The summed E-state index contributed by atoms with van der Waals surface area (Å²) >= 11 is 0. The Morgan fingerprint density at radius 3 is 2.41 bits per heavy atom. The maximum Gasteiger partial charge on any atom is 0.411 e. The van der Waals surface area contributed by atoms with Gasteiger partial charge < -0.3 is 35.6 Å². The molecule has 0 heterocycles. The Morgan fingerprint density at radius 1 is 1.05 bits per heavy atom. The van der Waals surface area contributed by atoms with E-state index in [0.29, 0.717) is 22.4 Å². The van der Waals surface area contributed by atoms with Gasteiger partial charge in [0.1, 0.15) is 29.4 Å². The van der Waals surface area contributed by atoms with Crippen molar-refractivity contribution in [1.29, 1.82) is 0 Å². The number of aliphatic hydroxyl groups is 3. The van der Waals surface area contributed by atoms with Gasteiger partial charge in [0.05, 0.1) is 12.2 Å². The molecule has 0 saturated heterocycles. The second-order valence-electron chi connectivity index (χ2n) is 10.2. The van der Waals surface area contributed by atoms with Gasteiger partial charge in [-0.3, -0.25) is 19.7 Å². The van der Waals surface area contributed by atoms with E-state index in [1.54, 1.807) is 30.3 Å². The van der Waals surface area contributed by atoms with Crippen molar-refractivity contribution in [3.63, 3.8) is 0 Å². The van der Waals surface area contributed by atoms with Crippen LogP contribution < -0.4 is 11.1 Å². The Balaban J connectivity index is 1.50. The highest BCUT2D eigenvalue weighted by molar-refractivity contribution is 6.24. The fourth-order valence-electron chi connectivity index (χ4n) is 5.99. The van der Waals surface area contributed by atoms with Crippen LogP contribution in [0, 0.1) is 11.8 Å². The second kappa shape index (κ2) is 10.4. The fourth-order valence-corrected chi connectivity index (χ4v) is 5.99. The zero-order valence-corrected chi connectivity index (χ0v) is 22.0. The van der Waals surface area contributed by atoms with E-state index in [0.717, 1.165) is 0 Å². The molecule has 0 bridgehead atoms. The number of allylic oxidation sites excluding steroid dienone is 2. The van der Waals surface area contributed by atoms with E-state index >= 15 is 0 Å². The zero-order valence-electron chi connectivity index (χ0n) is 22.0. The number of aromatic hydroxyl groups is 1. The third-order valence-electron chi connectivity index (χ3n) is 7.91. The zero-order chi connectivity index (χ0) is 29.6. The van der Waals surface area contributed by atoms with E-state index in [1.165, 1.54) is 13.2 Å². The molecule has 214 valence electrons. The summed E-state index contributed by atoms with van der Waals surface area (Å²) < 4.78 is 9.83. The number of phenolic OH excluding ortho intramolecular Hbond substituents is 1. The Kier molecular flexibility index (Phi) is 7.05. The molecule has 5 rings (SSSR count). The van der Waals surface area contributed by atoms with Crippen molar-refractivity contribution in [2.45, 2.75) is 24.9 Å². The molecule has 0 aromatic heterocycles. The van der Waals surface area contributed by atoms with Crippen LogP contribution in [0.1, 0.15) is 28.8 Å². The first kappa shape index (κ1) is 27.9. The fraction of sp³-hybridized carbons (Fsp3) is 0.310. The summed E-state index contributed by atoms with van der Waals surface area (Å²) in [6.45, 7) is 0.352. The largest absolute Gasteiger partial charge is 0.511 e. The van der Waals surface area contributed by atoms with Crippen molar-refractivity contribution in [3.05, 3.63) is 70.2 Å². The van der Waals surface area contributed by atoms with Crippen molar-refractivity contribution in [2.75, 3.05) is 25.6 Å². The number of phenols is 1. The minimum atomic E-state index is -2.61. The van der Waals surface area contributed by atoms with E-state index in [4.69, 9.17) is 15.2 Å². The highest BCUT2D eigenvalue weighted by Crippen LogP contribution is 2.52. The van der Waals surface area contributed by atoms with Crippen LogP contribution in [0.3, 0.4) is 0 Å².